The molecule has 70 valence electrons. The third kappa shape index (κ3) is 2.65. The minimum absolute atomic E-state index is 0.319. The zero-order valence-corrected chi connectivity index (χ0v) is 7.77. The molecule has 1 rings (SSSR count). The Morgan fingerprint density at radius 3 is 2.69 bits per heavy atom. The van der Waals surface area contributed by atoms with Crippen molar-refractivity contribution in [3.63, 3.8) is 0 Å². The van der Waals surface area contributed by atoms with Crippen LogP contribution in [0.1, 0.15) is 25.8 Å². The molecule has 2 heteroatoms. The van der Waals surface area contributed by atoms with Crippen LogP contribution >= 0.6 is 0 Å². The molecule has 0 aliphatic rings. The standard InChI is InChI=1S/C11H12F2/c1-3-8(2)6-9-7-10(12)4-5-11(9)13/h4-7H,3H2,1-2H3/b8-6-. The molecule has 13 heavy (non-hydrogen) atoms. The maximum atomic E-state index is 13.1. The molecule has 0 bridgehead atoms. The summed E-state index contributed by atoms with van der Waals surface area (Å²) < 4.78 is 25.8. The second-order valence-electron chi connectivity index (χ2n) is 3.01. The van der Waals surface area contributed by atoms with E-state index in [0.29, 0.717) is 5.56 Å². The molecule has 0 atom stereocenters. The third-order valence-corrected chi connectivity index (χ3v) is 1.92. The van der Waals surface area contributed by atoms with Gasteiger partial charge in [-0.3, -0.25) is 0 Å². The van der Waals surface area contributed by atoms with Gasteiger partial charge in [0.1, 0.15) is 11.6 Å². The van der Waals surface area contributed by atoms with Gasteiger partial charge in [0.25, 0.3) is 0 Å². The van der Waals surface area contributed by atoms with Crippen LogP contribution < -0.4 is 0 Å². The molecule has 0 heterocycles. The predicted octanol–water partition coefficient (Wildman–Crippen LogP) is 3.78. The van der Waals surface area contributed by atoms with Crippen molar-refractivity contribution in [2.24, 2.45) is 0 Å². The molecule has 0 radical (unpaired) electrons. The largest absolute Gasteiger partial charge is 0.207 e. The Morgan fingerprint density at radius 2 is 2.08 bits per heavy atom. The van der Waals surface area contributed by atoms with Crippen LogP contribution in [0.2, 0.25) is 0 Å². The molecular weight excluding hydrogens is 170 g/mol. The van der Waals surface area contributed by atoms with Crippen molar-refractivity contribution in [3.05, 3.63) is 41.0 Å². The number of rotatable bonds is 2. The van der Waals surface area contributed by atoms with E-state index in [2.05, 4.69) is 0 Å². The molecule has 0 saturated heterocycles. The quantitative estimate of drug-likeness (QED) is 0.653. The van der Waals surface area contributed by atoms with Crippen molar-refractivity contribution in [1.82, 2.24) is 0 Å². The number of hydrogen-bond acceptors (Lipinski definition) is 0. The topological polar surface area (TPSA) is 0 Å². The van der Waals surface area contributed by atoms with E-state index in [1.807, 2.05) is 13.8 Å². The van der Waals surface area contributed by atoms with Crippen molar-refractivity contribution in [3.8, 4) is 0 Å². The maximum Gasteiger partial charge on any atom is 0.130 e. The van der Waals surface area contributed by atoms with Crippen molar-refractivity contribution >= 4 is 6.08 Å². The molecule has 0 saturated carbocycles. The normalized spacial score (nSPS) is 11.8. The van der Waals surface area contributed by atoms with Crippen LogP contribution in [0.3, 0.4) is 0 Å². The number of hydrogen-bond donors (Lipinski definition) is 0. The molecule has 0 aromatic heterocycles. The molecule has 0 nitrogen and oxygen atoms in total. The lowest BCUT2D eigenvalue weighted by molar-refractivity contribution is 0.598. The monoisotopic (exact) mass is 182 g/mol. The van der Waals surface area contributed by atoms with Crippen LogP contribution in [0.5, 0.6) is 0 Å². The average molecular weight is 182 g/mol. The highest BCUT2D eigenvalue weighted by molar-refractivity contribution is 5.52. The Kier molecular flexibility index (Phi) is 3.18. The predicted molar refractivity (Wildman–Crippen MR) is 50.3 cm³/mol. The van der Waals surface area contributed by atoms with Crippen LogP contribution in [0.15, 0.2) is 23.8 Å². The summed E-state index contributed by atoms with van der Waals surface area (Å²) in [5.41, 5.74) is 1.35. The summed E-state index contributed by atoms with van der Waals surface area (Å²) in [5.74, 6) is -0.786. The van der Waals surface area contributed by atoms with E-state index < -0.39 is 5.82 Å². The lowest BCUT2D eigenvalue weighted by atomic mass is 10.1. The Hall–Kier alpha value is -1.18. The van der Waals surface area contributed by atoms with Gasteiger partial charge in [0, 0.05) is 5.56 Å². The van der Waals surface area contributed by atoms with Crippen molar-refractivity contribution in [2.45, 2.75) is 20.3 Å². The van der Waals surface area contributed by atoms with E-state index in [1.54, 1.807) is 6.08 Å². The highest BCUT2D eigenvalue weighted by Gasteiger charge is 2.00. The molecule has 0 amide bonds. The Labute approximate surface area is 76.9 Å². The molecule has 1 aromatic carbocycles. The van der Waals surface area contributed by atoms with Crippen LogP contribution in [0.25, 0.3) is 6.08 Å². The lowest BCUT2D eigenvalue weighted by Gasteiger charge is -1.99. The van der Waals surface area contributed by atoms with E-state index in [9.17, 15) is 8.78 Å². The highest BCUT2D eigenvalue weighted by atomic mass is 19.1. The van der Waals surface area contributed by atoms with Crippen molar-refractivity contribution in [2.75, 3.05) is 0 Å². The minimum atomic E-state index is -0.406. The second kappa shape index (κ2) is 4.17. The van der Waals surface area contributed by atoms with Crippen LogP contribution in [-0.4, -0.2) is 0 Å². The van der Waals surface area contributed by atoms with E-state index in [4.69, 9.17) is 0 Å². The summed E-state index contributed by atoms with van der Waals surface area (Å²) in [6, 6.07) is 3.46. The third-order valence-electron chi connectivity index (χ3n) is 1.92. The maximum absolute atomic E-state index is 13.1. The zero-order chi connectivity index (χ0) is 9.84. The molecule has 0 N–H and O–H groups in total. The first-order valence-electron chi connectivity index (χ1n) is 4.25. The lowest BCUT2D eigenvalue weighted by Crippen LogP contribution is -1.85. The Morgan fingerprint density at radius 1 is 1.38 bits per heavy atom. The first-order chi connectivity index (χ1) is 6.13. The molecule has 0 aliphatic heterocycles. The molecule has 0 aliphatic carbocycles. The van der Waals surface area contributed by atoms with Gasteiger partial charge in [-0.25, -0.2) is 8.78 Å². The summed E-state index contributed by atoms with van der Waals surface area (Å²) in [7, 11) is 0. The molecular formula is C11H12F2. The molecule has 0 fully saturated rings. The fraction of sp³-hybridized carbons (Fsp3) is 0.273. The smallest absolute Gasteiger partial charge is 0.130 e. The first kappa shape index (κ1) is 9.90. The average Bonchev–Trinajstić information content (AvgIpc) is 2.11. The summed E-state index contributed by atoms with van der Waals surface area (Å²) in [5, 5.41) is 0. The van der Waals surface area contributed by atoms with Gasteiger partial charge in [-0.05, 0) is 31.5 Å². The number of halogens is 2. The summed E-state index contributed by atoms with van der Waals surface area (Å²) in [6.45, 7) is 3.87. The Balaban J connectivity index is 3.07. The van der Waals surface area contributed by atoms with E-state index in [1.165, 1.54) is 6.07 Å². The van der Waals surface area contributed by atoms with E-state index in [-0.39, 0.29) is 5.82 Å². The van der Waals surface area contributed by atoms with Crippen molar-refractivity contribution in [1.29, 1.82) is 0 Å². The van der Waals surface area contributed by atoms with E-state index in [0.717, 1.165) is 24.1 Å². The van der Waals surface area contributed by atoms with Gasteiger partial charge in [-0.1, -0.05) is 18.6 Å². The first-order valence-corrected chi connectivity index (χ1v) is 4.25. The molecule has 0 spiro atoms. The fourth-order valence-corrected chi connectivity index (χ4v) is 0.993. The van der Waals surface area contributed by atoms with Gasteiger partial charge in [0.15, 0.2) is 0 Å². The number of benzene rings is 1. The highest BCUT2D eigenvalue weighted by Crippen LogP contribution is 2.14. The Bertz CT molecular complexity index is 327. The van der Waals surface area contributed by atoms with Gasteiger partial charge < -0.3 is 0 Å². The van der Waals surface area contributed by atoms with Crippen molar-refractivity contribution < 1.29 is 8.78 Å². The summed E-state index contributed by atoms with van der Waals surface area (Å²) >= 11 is 0. The van der Waals surface area contributed by atoms with Gasteiger partial charge in [0.2, 0.25) is 0 Å². The molecule has 0 unspecified atom stereocenters. The fourth-order valence-electron chi connectivity index (χ4n) is 0.993. The van der Waals surface area contributed by atoms with Gasteiger partial charge >= 0.3 is 0 Å². The zero-order valence-electron chi connectivity index (χ0n) is 7.77. The summed E-state index contributed by atoms with van der Waals surface area (Å²) in [6.07, 6.45) is 2.51. The number of allylic oxidation sites excluding steroid dienone is 1. The van der Waals surface area contributed by atoms with Crippen LogP contribution in [0.4, 0.5) is 8.78 Å². The van der Waals surface area contributed by atoms with Gasteiger partial charge in [-0.2, -0.15) is 0 Å². The van der Waals surface area contributed by atoms with Gasteiger partial charge in [0.05, 0.1) is 0 Å². The second-order valence-corrected chi connectivity index (χ2v) is 3.01. The SMILES string of the molecule is CC/C(C)=C\c1cc(F)ccc1F. The van der Waals surface area contributed by atoms with Gasteiger partial charge in [-0.15, -0.1) is 0 Å². The van der Waals surface area contributed by atoms with Crippen LogP contribution in [-0.2, 0) is 0 Å². The van der Waals surface area contributed by atoms with E-state index >= 15 is 0 Å². The summed E-state index contributed by atoms with van der Waals surface area (Å²) in [4.78, 5) is 0. The molecule has 1 aromatic rings. The minimum Gasteiger partial charge on any atom is -0.207 e. The van der Waals surface area contributed by atoms with Crippen LogP contribution in [0, 0.1) is 11.6 Å².